The molecular formula is C14H15ClN2O4. The number of aliphatic hydroxyl groups is 1. The Labute approximate surface area is 126 Å². The summed E-state index contributed by atoms with van der Waals surface area (Å²) in [5, 5.41) is 17.6. The van der Waals surface area contributed by atoms with Gasteiger partial charge in [0.25, 0.3) is 0 Å². The van der Waals surface area contributed by atoms with Crippen molar-refractivity contribution in [1.29, 1.82) is 0 Å². The lowest BCUT2D eigenvalue weighted by Gasteiger charge is -2.15. The van der Waals surface area contributed by atoms with Gasteiger partial charge in [-0.3, -0.25) is 0 Å². The Balaban J connectivity index is 1.83. The van der Waals surface area contributed by atoms with E-state index in [0.29, 0.717) is 34.5 Å². The van der Waals surface area contributed by atoms with Crippen LogP contribution in [0.2, 0.25) is 5.02 Å². The highest BCUT2D eigenvalue weighted by Crippen LogP contribution is 2.33. The van der Waals surface area contributed by atoms with Gasteiger partial charge in [-0.15, -0.1) is 10.2 Å². The van der Waals surface area contributed by atoms with Crippen LogP contribution in [-0.4, -0.2) is 27.7 Å². The first-order valence-corrected chi connectivity index (χ1v) is 6.91. The predicted molar refractivity (Wildman–Crippen MR) is 74.5 cm³/mol. The minimum atomic E-state index is -0.647. The van der Waals surface area contributed by atoms with Gasteiger partial charge < -0.3 is 19.0 Å². The molecule has 2 heterocycles. The standard InChI is InChI=1S/C14H15ClN2O4/c1-14(2)19-7-11(21-14)13-17-16-12(20-13)8-3-4-9(6-18)10(15)5-8/h3-5,11,18H,6-7H2,1-2H3/t11-/m0/s1. The average molecular weight is 311 g/mol. The van der Waals surface area contributed by atoms with Crippen molar-refractivity contribution in [3.05, 3.63) is 34.7 Å². The van der Waals surface area contributed by atoms with Crippen LogP contribution >= 0.6 is 11.6 Å². The summed E-state index contributed by atoms with van der Waals surface area (Å²) in [6.45, 7) is 3.92. The molecule has 2 aromatic rings. The molecule has 6 nitrogen and oxygen atoms in total. The van der Waals surface area contributed by atoms with E-state index in [1.165, 1.54) is 0 Å². The molecule has 7 heteroatoms. The number of aliphatic hydroxyl groups excluding tert-OH is 1. The van der Waals surface area contributed by atoms with Crippen LogP contribution < -0.4 is 0 Å². The summed E-state index contributed by atoms with van der Waals surface area (Å²) >= 11 is 6.06. The molecule has 0 bridgehead atoms. The Kier molecular flexibility index (Phi) is 3.71. The van der Waals surface area contributed by atoms with Crippen LogP contribution in [0, 0.1) is 0 Å². The second-order valence-corrected chi connectivity index (χ2v) is 5.63. The highest BCUT2D eigenvalue weighted by atomic mass is 35.5. The van der Waals surface area contributed by atoms with Crippen LogP contribution in [0.3, 0.4) is 0 Å². The van der Waals surface area contributed by atoms with Crippen LogP contribution in [-0.2, 0) is 16.1 Å². The van der Waals surface area contributed by atoms with Crippen molar-refractivity contribution in [2.45, 2.75) is 32.3 Å². The van der Waals surface area contributed by atoms with Gasteiger partial charge in [-0.1, -0.05) is 17.7 Å². The Morgan fingerprint density at radius 2 is 2.19 bits per heavy atom. The molecule has 1 aliphatic rings. The molecule has 1 aliphatic heterocycles. The molecule has 21 heavy (non-hydrogen) atoms. The number of hydrogen-bond donors (Lipinski definition) is 1. The van der Waals surface area contributed by atoms with Gasteiger partial charge in [0.2, 0.25) is 11.8 Å². The summed E-state index contributed by atoms with van der Waals surface area (Å²) in [5.41, 5.74) is 1.34. The van der Waals surface area contributed by atoms with Gasteiger partial charge in [-0.2, -0.15) is 0 Å². The highest BCUT2D eigenvalue weighted by Gasteiger charge is 2.36. The number of nitrogens with zero attached hydrogens (tertiary/aromatic N) is 2. The third-order valence-corrected chi connectivity index (χ3v) is 3.55. The molecule has 0 radical (unpaired) electrons. The third-order valence-electron chi connectivity index (χ3n) is 3.19. The lowest BCUT2D eigenvalue weighted by molar-refractivity contribution is -0.141. The van der Waals surface area contributed by atoms with Crippen molar-refractivity contribution in [1.82, 2.24) is 10.2 Å². The fraction of sp³-hybridized carbons (Fsp3) is 0.429. The van der Waals surface area contributed by atoms with E-state index < -0.39 is 5.79 Å². The largest absolute Gasteiger partial charge is 0.418 e. The maximum Gasteiger partial charge on any atom is 0.248 e. The Morgan fingerprint density at radius 1 is 1.38 bits per heavy atom. The SMILES string of the molecule is CC1(C)OC[C@@H](c2nnc(-c3ccc(CO)c(Cl)c3)o2)O1. The molecule has 0 unspecified atom stereocenters. The second-order valence-electron chi connectivity index (χ2n) is 5.23. The van der Waals surface area contributed by atoms with Crippen LogP contribution in [0.25, 0.3) is 11.5 Å². The van der Waals surface area contributed by atoms with Gasteiger partial charge in [0.1, 0.15) is 0 Å². The van der Waals surface area contributed by atoms with Gasteiger partial charge in [-0.25, -0.2) is 0 Å². The maximum atomic E-state index is 9.11. The van der Waals surface area contributed by atoms with Gasteiger partial charge in [-0.05, 0) is 31.5 Å². The fourth-order valence-electron chi connectivity index (χ4n) is 2.10. The summed E-state index contributed by atoms with van der Waals surface area (Å²) in [7, 11) is 0. The van der Waals surface area contributed by atoms with Crippen molar-refractivity contribution in [2.75, 3.05) is 6.61 Å². The maximum absolute atomic E-state index is 9.11. The molecule has 112 valence electrons. The minimum Gasteiger partial charge on any atom is -0.418 e. The van der Waals surface area contributed by atoms with E-state index in [1.807, 2.05) is 13.8 Å². The summed E-state index contributed by atoms with van der Waals surface area (Å²) in [4.78, 5) is 0. The van der Waals surface area contributed by atoms with Crippen molar-refractivity contribution in [3.63, 3.8) is 0 Å². The van der Waals surface area contributed by atoms with Crippen LogP contribution in [0.4, 0.5) is 0 Å². The van der Waals surface area contributed by atoms with E-state index in [9.17, 15) is 0 Å². The quantitative estimate of drug-likeness (QED) is 0.939. The van der Waals surface area contributed by atoms with E-state index in [0.717, 1.165) is 0 Å². The van der Waals surface area contributed by atoms with Gasteiger partial charge in [0.05, 0.1) is 13.2 Å². The number of ether oxygens (including phenoxy) is 2. The molecule has 1 fully saturated rings. The topological polar surface area (TPSA) is 77.6 Å². The lowest BCUT2D eigenvalue weighted by atomic mass is 10.1. The van der Waals surface area contributed by atoms with Crippen molar-refractivity contribution < 1.29 is 19.0 Å². The zero-order chi connectivity index (χ0) is 15.0. The molecular weight excluding hydrogens is 296 g/mol. The van der Waals surface area contributed by atoms with E-state index in [4.69, 9.17) is 30.6 Å². The molecule has 0 saturated carbocycles. The fourth-order valence-corrected chi connectivity index (χ4v) is 2.34. The average Bonchev–Trinajstić information content (AvgIpc) is 3.05. The van der Waals surface area contributed by atoms with E-state index in [2.05, 4.69) is 10.2 Å². The highest BCUT2D eigenvalue weighted by molar-refractivity contribution is 6.31. The molecule has 1 N–H and O–H groups in total. The molecule has 1 saturated heterocycles. The van der Waals surface area contributed by atoms with Crippen LogP contribution in [0.5, 0.6) is 0 Å². The molecule has 1 atom stereocenters. The summed E-state index contributed by atoms with van der Waals surface area (Å²) in [6, 6.07) is 5.17. The number of rotatable bonds is 3. The summed E-state index contributed by atoms with van der Waals surface area (Å²) < 4.78 is 16.8. The van der Waals surface area contributed by atoms with Gasteiger partial charge >= 0.3 is 0 Å². The number of hydrogen-bond acceptors (Lipinski definition) is 6. The summed E-state index contributed by atoms with van der Waals surface area (Å²) in [6.07, 6.45) is -0.367. The van der Waals surface area contributed by atoms with Crippen molar-refractivity contribution >= 4 is 11.6 Å². The van der Waals surface area contributed by atoms with E-state index in [-0.39, 0.29) is 12.7 Å². The molecule has 1 aromatic heterocycles. The molecule has 0 aliphatic carbocycles. The normalized spacial score (nSPS) is 20.9. The molecule has 0 spiro atoms. The number of halogens is 1. The van der Waals surface area contributed by atoms with Crippen molar-refractivity contribution in [3.8, 4) is 11.5 Å². The predicted octanol–water partition coefficient (Wildman–Crippen LogP) is 2.71. The second kappa shape index (κ2) is 5.38. The first-order chi connectivity index (χ1) is 9.98. The zero-order valence-corrected chi connectivity index (χ0v) is 12.4. The number of aromatic nitrogens is 2. The number of benzene rings is 1. The Hall–Kier alpha value is -1.47. The molecule has 3 rings (SSSR count). The van der Waals surface area contributed by atoms with Crippen molar-refractivity contribution in [2.24, 2.45) is 0 Å². The van der Waals surface area contributed by atoms with Gasteiger partial charge in [0.15, 0.2) is 11.9 Å². The summed E-state index contributed by atoms with van der Waals surface area (Å²) in [5.74, 6) is 0.0772. The molecule has 1 aromatic carbocycles. The lowest BCUT2D eigenvalue weighted by Crippen LogP contribution is -2.19. The smallest absolute Gasteiger partial charge is 0.248 e. The van der Waals surface area contributed by atoms with E-state index in [1.54, 1.807) is 18.2 Å². The third kappa shape index (κ3) is 2.94. The monoisotopic (exact) mass is 310 g/mol. The zero-order valence-electron chi connectivity index (χ0n) is 11.7. The Bertz CT molecular complexity index is 656. The van der Waals surface area contributed by atoms with E-state index >= 15 is 0 Å². The first-order valence-electron chi connectivity index (χ1n) is 6.53. The molecule has 0 amide bonds. The van der Waals surface area contributed by atoms with Gasteiger partial charge in [0, 0.05) is 10.6 Å². The Morgan fingerprint density at radius 3 is 2.81 bits per heavy atom. The minimum absolute atomic E-state index is 0.115. The van der Waals surface area contributed by atoms with Crippen LogP contribution in [0.1, 0.15) is 31.4 Å². The first kappa shape index (κ1) is 14.5. The van der Waals surface area contributed by atoms with Crippen LogP contribution in [0.15, 0.2) is 22.6 Å².